The molecule has 3 heteroatoms. The predicted molar refractivity (Wildman–Crippen MR) is 93.6 cm³/mol. The molecule has 114 valence electrons. The fraction of sp³-hybridized carbons (Fsp3) is 0.316. The Morgan fingerprint density at radius 1 is 1.09 bits per heavy atom. The fourth-order valence-corrected chi connectivity index (χ4v) is 3.05. The molecular formula is C19H21ClN2. The van der Waals surface area contributed by atoms with Crippen LogP contribution < -0.4 is 0 Å². The standard InChI is InChI=1S/C19H21ClN2/c1-13-8-9-21-18-16(13)10-17(22-18)19(2,3)11-14-4-6-15(12-20)7-5-14/h4-10H,11-12H2,1-3H3,(H,21,22). The van der Waals surface area contributed by atoms with Gasteiger partial charge in [-0.05, 0) is 42.2 Å². The van der Waals surface area contributed by atoms with Gasteiger partial charge in [0, 0.05) is 28.6 Å². The van der Waals surface area contributed by atoms with Crippen LogP contribution in [0.4, 0.5) is 0 Å². The van der Waals surface area contributed by atoms with Gasteiger partial charge in [0.2, 0.25) is 0 Å². The Morgan fingerprint density at radius 3 is 2.41 bits per heavy atom. The fourth-order valence-electron chi connectivity index (χ4n) is 2.88. The lowest BCUT2D eigenvalue weighted by molar-refractivity contribution is 0.509. The molecule has 22 heavy (non-hydrogen) atoms. The molecule has 2 heterocycles. The molecule has 0 amide bonds. The zero-order chi connectivity index (χ0) is 15.7. The number of alkyl halides is 1. The lowest BCUT2D eigenvalue weighted by Crippen LogP contribution is -2.21. The maximum Gasteiger partial charge on any atom is 0.137 e. The van der Waals surface area contributed by atoms with Gasteiger partial charge in [-0.25, -0.2) is 4.98 Å². The molecule has 0 aliphatic carbocycles. The van der Waals surface area contributed by atoms with Crippen LogP contribution in [0.25, 0.3) is 11.0 Å². The van der Waals surface area contributed by atoms with E-state index in [1.165, 1.54) is 22.2 Å². The number of aryl methyl sites for hydroxylation is 1. The average Bonchev–Trinajstić information content (AvgIpc) is 2.94. The van der Waals surface area contributed by atoms with Crippen molar-refractivity contribution < 1.29 is 0 Å². The van der Waals surface area contributed by atoms with Crippen LogP contribution in [0.3, 0.4) is 0 Å². The number of halogens is 1. The summed E-state index contributed by atoms with van der Waals surface area (Å²) in [5, 5.41) is 1.21. The lowest BCUT2D eigenvalue weighted by Gasteiger charge is -2.23. The van der Waals surface area contributed by atoms with Crippen LogP contribution in [-0.2, 0) is 17.7 Å². The molecule has 0 radical (unpaired) electrons. The first kappa shape index (κ1) is 15.1. The molecule has 1 N–H and O–H groups in total. The van der Waals surface area contributed by atoms with Gasteiger partial charge in [0.05, 0.1) is 0 Å². The minimum atomic E-state index is 0.0234. The van der Waals surface area contributed by atoms with Gasteiger partial charge in [0.25, 0.3) is 0 Å². The largest absolute Gasteiger partial charge is 0.343 e. The van der Waals surface area contributed by atoms with Gasteiger partial charge >= 0.3 is 0 Å². The van der Waals surface area contributed by atoms with E-state index in [0.717, 1.165) is 17.6 Å². The normalized spacial score (nSPS) is 12.0. The predicted octanol–water partition coefficient (Wildman–Crippen LogP) is 5.13. The highest BCUT2D eigenvalue weighted by molar-refractivity contribution is 6.17. The summed E-state index contributed by atoms with van der Waals surface area (Å²) in [6, 6.07) is 12.9. The van der Waals surface area contributed by atoms with Crippen molar-refractivity contribution in [2.24, 2.45) is 0 Å². The van der Waals surface area contributed by atoms with Crippen molar-refractivity contribution in [1.82, 2.24) is 9.97 Å². The lowest BCUT2D eigenvalue weighted by atomic mass is 9.82. The van der Waals surface area contributed by atoms with Crippen LogP contribution in [0.2, 0.25) is 0 Å². The number of benzene rings is 1. The van der Waals surface area contributed by atoms with Crippen molar-refractivity contribution in [2.45, 2.75) is 38.5 Å². The van der Waals surface area contributed by atoms with Crippen LogP contribution >= 0.6 is 11.6 Å². The molecule has 2 aromatic heterocycles. The molecule has 2 nitrogen and oxygen atoms in total. The van der Waals surface area contributed by atoms with E-state index in [0.29, 0.717) is 5.88 Å². The van der Waals surface area contributed by atoms with Crippen LogP contribution in [0.15, 0.2) is 42.6 Å². The third kappa shape index (κ3) is 2.89. The number of hydrogen-bond donors (Lipinski definition) is 1. The van der Waals surface area contributed by atoms with E-state index in [-0.39, 0.29) is 5.41 Å². The molecule has 0 saturated carbocycles. The molecule has 1 aromatic carbocycles. The molecule has 0 unspecified atom stereocenters. The highest BCUT2D eigenvalue weighted by atomic mass is 35.5. The van der Waals surface area contributed by atoms with Crippen LogP contribution in [0, 0.1) is 6.92 Å². The SMILES string of the molecule is Cc1ccnc2[nH]c(C(C)(C)Cc3ccc(CCl)cc3)cc12. The molecule has 3 rings (SSSR count). The second-order valence-corrected chi connectivity index (χ2v) is 6.85. The van der Waals surface area contributed by atoms with E-state index >= 15 is 0 Å². The zero-order valence-electron chi connectivity index (χ0n) is 13.3. The summed E-state index contributed by atoms with van der Waals surface area (Å²) in [6.07, 6.45) is 2.83. The number of aromatic nitrogens is 2. The van der Waals surface area contributed by atoms with Gasteiger partial charge in [-0.2, -0.15) is 0 Å². The van der Waals surface area contributed by atoms with Gasteiger partial charge in [-0.3, -0.25) is 0 Å². The summed E-state index contributed by atoms with van der Waals surface area (Å²) in [7, 11) is 0. The molecule has 0 spiro atoms. The van der Waals surface area contributed by atoms with Gasteiger partial charge < -0.3 is 4.98 Å². The molecule has 0 saturated heterocycles. The molecule has 0 aliphatic rings. The smallest absolute Gasteiger partial charge is 0.137 e. The first-order valence-electron chi connectivity index (χ1n) is 7.58. The first-order valence-corrected chi connectivity index (χ1v) is 8.11. The van der Waals surface area contributed by atoms with E-state index in [2.05, 4.69) is 67.1 Å². The van der Waals surface area contributed by atoms with E-state index in [4.69, 9.17) is 11.6 Å². The quantitative estimate of drug-likeness (QED) is 0.665. The Balaban J connectivity index is 1.91. The first-order chi connectivity index (χ1) is 10.5. The highest BCUT2D eigenvalue weighted by Gasteiger charge is 2.23. The number of nitrogens with one attached hydrogen (secondary N) is 1. The van der Waals surface area contributed by atoms with Crippen molar-refractivity contribution in [3.63, 3.8) is 0 Å². The molecular weight excluding hydrogens is 292 g/mol. The Morgan fingerprint density at radius 2 is 1.77 bits per heavy atom. The van der Waals surface area contributed by atoms with Crippen LogP contribution in [-0.4, -0.2) is 9.97 Å². The highest BCUT2D eigenvalue weighted by Crippen LogP contribution is 2.30. The number of aromatic amines is 1. The summed E-state index contributed by atoms with van der Waals surface area (Å²) >= 11 is 5.86. The third-order valence-corrected chi connectivity index (χ3v) is 4.61. The molecule has 3 aromatic rings. The number of nitrogens with zero attached hydrogens (tertiary/aromatic N) is 1. The van der Waals surface area contributed by atoms with Crippen molar-refractivity contribution in [3.8, 4) is 0 Å². The minimum absolute atomic E-state index is 0.0234. The third-order valence-electron chi connectivity index (χ3n) is 4.30. The second-order valence-electron chi connectivity index (χ2n) is 6.58. The number of fused-ring (bicyclic) bond motifs is 1. The number of rotatable bonds is 4. The number of H-pyrrole nitrogens is 1. The van der Waals surface area contributed by atoms with Gasteiger partial charge in [-0.1, -0.05) is 38.1 Å². The van der Waals surface area contributed by atoms with Gasteiger partial charge in [0.15, 0.2) is 0 Å². The van der Waals surface area contributed by atoms with E-state index in [1.54, 1.807) is 0 Å². The second kappa shape index (κ2) is 5.77. The monoisotopic (exact) mass is 312 g/mol. The number of pyridine rings is 1. The van der Waals surface area contributed by atoms with Crippen molar-refractivity contribution in [2.75, 3.05) is 0 Å². The summed E-state index contributed by atoms with van der Waals surface area (Å²) < 4.78 is 0. The van der Waals surface area contributed by atoms with Crippen LogP contribution in [0.1, 0.15) is 36.2 Å². The average molecular weight is 313 g/mol. The Bertz CT molecular complexity index is 785. The maximum absolute atomic E-state index is 5.86. The van der Waals surface area contributed by atoms with Gasteiger partial charge in [-0.15, -0.1) is 11.6 Å². The maximum atomic E-state index is 5.86. The Kier molecular flexibility index (Phi) is 3.96. The van der Waals surface area contributed by atoms with E-state index < -0.39 is 0 Å². The zero-order valence-corrected chi connectivity index (χ0v) is 14.0. The Labute approximate surface area is 136 Å². The summed E-state index contributed by atoms with van der Waals surface area (Å²) in [5.74, 6) is 0.566. The summed E-state index contributed by atoms with van der Waals surface area (Å²) in [5.41, 5.74) is 5.97. The van der Waals surface area contributed by atoms with Crippen molar-refractivity contribution >= 4 is 22.6 Å². The Hall–Kier alpha value is -1.80. The van der Waals surface area contributed by atoms with E-state index in [9.17, 15) is 0 Å². The minimum Gasteiger partial charge on any atom is -0.343 e. The van der Waals surface area contributed by atoms with Crippen LogP contribution in [0.5, 0.6) is 0 Å². The molecule has 0 bridgehead atoms. The topological polar surface area (TPSA) is 28.7 Å². The molecule has 0 atom stereocenters. The van der Waals surface area contributed by atoms with Crippen molar-refractivity contribution in [1.29, 1.82) is 0 Å². The molecule has 0 aliphatic heterocycles. The van der Waals surface area contributed by atoms with E-state index in [1.807, 2.05) is 6.20 Å². The summed E-state index contributed by atoms with van der Waals surface area (Å²) in [6.45, 7) is 6.66. The molecule has 0 fully saturated rings. The van der Waals surface area contributed by atoms with Gasteiger partial charge in [0.1, 0.15) is 5.65 Å². The van der Waals surface area contributed by atoms with Crippen molar-refractivity contribution in [3.05, 3.63) is 65.0 Å². The number of hydrogen-bond acceptors (Lipinski definition) is 1. The summed E-state index contributed by atoms with van der Waals surface area (Å²) in [4.78, 5) is 7.92.